The van der Waals surface area contributed by atoms with Gasteiger partial charge in [-0.3, -0.25) is 0 Å². The third-order valence-electron chi connectivity index (χ3n) is 6.55. The van der Waals surface area contributed by atoms with Crippen molar-refractivity contribution in [2.75, 3.05) is 7.11 Å². The van der Waals surface area contributed by atoms with Crippen LogP contribution in [0.5, 0.6) is 5.75 Å². The molecule has 3 aromatic carbocycles. The topological polar surface area (TPSA) is 18.5 Å². The van der Waals surface area contributed by atoms with Gasteiger partial charge in [0.2, 0.25) is 0 Å². The minimum atomic E-state index is 0.0381. The number of hydrogen-bond acceptors (Lipinski definition) is 2. The number of methoxy groups -OCH3 is 1. The molecule has 142 valence electrons. The fourth-order valence-corrected chi connectivity index (χ4v) is 5.34. The second-order valence-corrected chi connectivity index (χ2v) is 8.00. The Hall–Kier alpha value is -3.10. The second-order valence-electron chi connectivity index (χ2n) is 8.00. The minimum absolute atomic E-state index is 0.0381. The summed E-state index contributed by atoms with van der Waals surface area (Å²) in [6.07, 6.45) is 4.92. The van der Waals surface area contributed by atoms with E-state index in [1.165, 1.54) is 33.4 Å². The average molecular weight is 378 g/mol. The maximum Gasteiger partial charge on any atom is 0.125 e. The van der Waals surface area contributed by atoms with E-state index in [1.807, 2.05) is 0 Å². The summed E-state index contributed by atoms with van der Waals surface area (Å²) >= 11 is 0. The van der Waals surface area contributed by atoms with Crippen LogP contribution in [0.25, 0.3) is 11.1 Å². The fraction of sp³-hybridized carbons (Fsp3) is 0.185. The van der Waals surface area contributed by atoms with Crippen LogP contribution in [0.15, 0.2) is 91.0 Å². The summed E-state index contributed by atoms with van der Waals surface area (Å²) in [4.78, 5) is 0. The van der Waals surface area contributed by atoms with E-state index in [0.717, 1.165) is 5.75 Å². The number of benzene rings is 3. The van der Waals surface area contributed by atoms with Crippen molar-refractivity contribution in [2.45, 2.75) is 12.2 Å². The lowest BCUT2D eigenvalue weighted by Gasteiger charge is -2.34. The molecule has 2 bridgehead atoms. The lowest BCUT2D eigenvalue weighted by Crippen LogP contribution is -2.24. The van der Waals surface area contributed by atoms with Crippen molar-refractivity contribution >= 4 is 11.1 Å². The van der Waals surface area contributed by atoms with Crippen molar-refractivity contribution in [3.8, 4) is 5.75 Å². The summed E-state index contributed by atoms with van der Waals surface area (Å²) in [5.74, 6) is 1.58. The van der Waals surface area contributed by atoms with Gasteiger partial charge in [0.1, 0.15) is 5.75 Å². The third-order valence-corrected chi connectivity index (χ3v) is 6.55. The van der Waals surface area contributed by atoms with Crippen LogP contribution in [0.3, 0.4) is 0 Å². The molecule has 0 unspecified atom stereocenters. The maximum absolute atomic E-state index is 6.60. The van der Waals surface area contributed by atoms with Gasteiger partial charge in [-0.05, 0) is 33.9 Å². The fourth-order valence-electron chi connectivity index (χ4n) is 5.34. The van der Waals surface area contributed by atoms with E-state index in [9.17, 15) is 0 Å². The molecule has 0 amide bonds. The molecule has 2 heterocycles. The van der Waals surface area contributed by atoms with Crippen molar-refractivity contribution in [3.63, 3.8) is 0 Å². The molecular formula is C27H22O2. The zero-order valence-electron chi connectivity index (χ0n) is 16.3. The molecule has 2 heteroatoms. The quantitative estimate of drug-likeness (QED) is 0.537. The van der Waals surface area contributed by atoms with E-state index in [2.05, 4.69) is 91.0 Å². The molecule has 1 aliphatic carbocycles. The molecule has 3 aromatic rings. The lowest BCUT2D eigenvalue weighted by molar-refractivity contribution is 0.0602. The van der Waals surface area contributed by atoms with Crippen molar-refractivity contribution in [2.24, 2.45) is 11.8 Å². The largest absolute Gasteiger partial charge is 0.496 e. The van der Waals surface area contributed by atoms with Crippen LogP contribution < -0.4 is 4.74 Å². The van der Waals surface area contributed by atoms with E-state index >= 15 is 0 Å². The zero-order chi connectivity index (χ0) is 19.4. The monoisotopic (exact) mass is 378 g/mol. The van der Waals surface area contributed by atoms with Crippen LogP contribution in [-0.4, -0.2) is 7.11 Å². The van der Waals surface area contributed by atoms with Crippen molar-refractivity contribution in [3.05, 3.63) is 113 Å². The number of ether oxygens (including phenoxy) is 2. The Balaban J connectivity index is 1.54. The smallest absolute Gasteiger partial charge is 0.125 e. The maximum atomic E-state index is 6.60. The first-order chi connectivity index (χ1) is 14.3. The molecule has 0 spiro atoms. The molecule has 6 rings (SSSR count). The summed E-state index contributed by atoms with van der Waals surface area (Å²) in [5, 5.41) is 0. The van der Waals surface area contributed by atoms with Gasteiger partial charge in [-0.25, -0.2) is 0 Å². The highest BCUT2D eigenvalue weighted by atomic mass is 16.5. The van der Waals surface area contributed by atoms with Crippen molar-refractivity contribution in [1.29, 1.82) is 0 Å². The SMILES string of the molecule is COc1cccc2c1[C@@H]1O[C@H]2[C@H]2C=C(c3ccccc3)C=C(c3ccccc3)[C@H]21. The second kappa shape index (κ2) is 6.47. The van der Waals surface area contributed by atoms with Gasteiger partial charge in [-0.15, -0.1) is 0 Å². The lowest BCUT2D eigenvalue weighted by atomic mass is 9.67. The van der Waals surface area contributed by atoms with Crippen LogP contribution >= 0.6 is 0 Å². The van der Waals surface area contributed by atoms with Gasteiger partial charge in [0.25, 0.3) is 0 Å². The van der Waals surface area contributed by atoms with Gasteiger partial charge >= 0.3 is 0 Å². The van der Waals surface area contributed by atoms with E-state index in [0.29, 0.717) is 11.8 Å². The molecule has 3 aliphatic rings. The Bertz CT molecular complexity index is 1130. The molecule has 0 saturated carbocycles. The standard InChI is InChI=1S/C27H22O2/c1-28-23-14-8-13-20-25(23)27-24-21(18-11-6-3-7-12-18)15-19(16-22(24)26(20)29-27)17-9-4-2-5-10-17/h2-16,22,24,26-27H,1H3/t22-,24+,26+,27+/m0/s1. The molecule has 29 heavy (non-hydrogen) atoms. The molecule has 1 fully saturated rings. The van der Waals surface area contributed by atoms with Gasteiger partial charge < -0.3 is 9.47 Å². The summed E-state index contributed by atoms with van der Waals surface area (Å²) in [7, 11) is 1.75. The minimum Gasteiger partial charge on any atom is -0.496 e. The first-order valence-corrected chi connectivity index (χ1v) is 10.2. The van der Waals surface area contributed by atoms with E-state index in [-0.39, 0.29) is 12.2 Å². The molecular weight excluding hydrogens is 356 g/mol. The number of allylic oxidation sites excluding steroid dienone is 2. The summed E-state index contributed by atoms with van der Waals surface area (Å²) < 4.78 is 12.3. The predicted molar refractivity (Wildman–Crippen MR) is 115 cm³/mol. The van der Waals surface area contributed by atoms with E-state index in [4.69, 9.17) is 9.47 Å². The first-order valence-electron chi connectivity index (χ1n) is 10.2. The molecule has 0 radical (unpaired) electrons. The Morgan fingerprint density at radius 2 is 1.48 bits per heavy atom. The van der Waals surface area contributed by atoms with Crippen LogP contribution in [0.2, 0.25) is 0 Å². The van der Waals surface area contributed by atoms with Crippen LogP contribution in [0.4, 0.5) is 0 Å². The Morgan fingerprint density at radius 1 is 0.759 bits per heavy atom. The third kappa shape index (κ3) is 2.46. The highest BCUT2D eigenvalue weighted by Gasteiger charge is 2.54. The van der Waals surface area contributed by atoms with Crippen LogP contribution in [0.1, 0.15) is 34.5 Å². The summed E-state index contributed by atoms with van der Waals surface area (Å²) in [6.45, 7) is 0. The molecule has 0 N–H and O–H groups in total. The average Bonchev–Trinajstić information content (AvgIpc) is 3.37. The Morgan fingerprint density at radius 3 is 2.21 bits per heavy atom. The number of hydrogen-bond donors (Lipinski definition) is 0. The number of rotatable bonds is 3. The zero-order valence-corrected chi connectivity index (χ0v) is 16.3. The van der Waals surface area contributed by atoms with E-state index < -0.39 is 0 Å². The van der Waals surface area contributed by atoms with Crippen molar-refractivity contribution < 1.29 is 9.47 Å². The summed E-state index contributed by atoms with van der Waals surface area (Å²) in [6, 6.07) is 27.7. The Labute approximate surface area is 171 Å². The molecule has 2 aliphatic heterocycles. The van der Waals surface area contributed by atoms with Gasteiger partial charge in [0.05, 0.1) is 19.3 Å². The molecule has 1 saturated heterocycles. The highest BCUT2D eigenvalue weighted by Crippen LogP contribution is 2.64. The van der Waals surface area contributed by atoms with Gasteiger partial charge in [-0.1, -0.05) is 84.9 Å². The molecule has 4 atom stereocenters. The Kier molecular flexibility index (Phi) is 3.75. The van der Waals surface area contributed by atoms with Gasteiger partial charge in [0, 0.05) is 17.4 Å². The van der Waals surface area contributed by atoms with E-state index in [1.54, 1.807) is 7.11 Å². The number of fused-ring (bicyclic) bond motifs is 8. The van der Waals surface area contributed by atoms with Crippen LogP contribution in [0, 0.1) is 11.8 Å². The molecule has 0 aromatic heterocycles. The van der Waals surface area contributed by atoms with Crippen LogP contribution in [-0.2, 0) is 4.74 Å². The van der Waals surface area contributed by atoms with Gasteiger partial charge in [-0.2, -0.15) is 0 Å². The summed E-state index contributed by atoms with van der Waals surface area (Å²) in [5.41, 5.74) is 7.70. The highest BCUT2D eigenvalue weighted by molar-refractivity contribution is 5.88. The first kappa shape index (κ1) is 16.8. The normalized spacial score (nSPS) is 26.4. The van der Waals surface area contributed by atoms with Crippen molar-refractivity contribution in [1.82, 2.24) is 0 Å². The predicted octanol–water partition coefficient (Wildman–Crippen LogP) is 6.23. The molecule has 2 nitrogen and oxygen atoms in total. The van der Waals surface area contributed by atoms with Gasteiger partial charge in [0.15, 0.2) is 0 Å².